The monoisotopic (exact) mass is 368 g/mol. The molecule has 0 atom stereocenters. The van der Waals surface area contributed by atoms with E-state index < -0.39 is 11.2 Å². The Balaban J connectivity index is 1.55. The van der Waals surface area contributed by atoms with Crippen LogP contribution in [0.2, 0.25) is 0 Å². The molecule has 0 aromatic carbocycles. The van der Waals surface area contributed by atoms with E-state index >= 15 is 0 Å². The maximum atomic E-state index is 12.9. The molecule has 1 amide bonds. The minimum absolute atomic E-state index is 0.0926. The van der Waals surface area contributed by atoms with Crippen LogP contribution >= 0.6 is 11.3 Å². The van der Waals surface area contributed by atoms with E-state index in [9.17, 15) is 14.4 Å². The number of nitrogens with one attached hydrogen (secondary N) is 1. The number of rotatable bonds is 2. The average Bonchev–Trinajstić information content (AvgIpc) is 3.36. The average molecular weight is 368 g/mol. The van der Waals surface area contributed by atoms with Gasteiger partial charge in [-0.05, 0) is 42.3 Å². The van der Waals surface area contributed by atoms with Gasteiger partial charge in [0.1, 0.15) is 5.65 Å². The first-order valence-corrected chi connectivity index (χ1v) is 9.49. The summed E-state index contributed by atoms with van der Waals surface area (Å²) in [6.45, 7) is 1.23. The third kappa shape index (κ3) is 2.40. The SMILES string of the molecule is O=C(c1cnc2c(c1)c(=O)[nH]c(=O)n2C1CC1)N1CCc2sccc2C1. The lowest BCUT2D eigenvalue weighted by molar-refractivity contribution is 0.0735. The predicted molar refractivity (Wildman–Crippen MR) is 97.7 cm³/mol. The number of hydrogen-bond donors (Lipinski definition) is 1. The van der Waals surface area contributed by atoms with Gasteiger partial charge in [0, 0.05) is 30.2 Å². The van der Waals surface area contributed by atoms with E-state index in [0.29, 0.717) is 24.3 Å². The van der Waals surface area contributed by atoms with Crippen molar-refractivity contribution in [3.63, 3.8) is 0 Å². The minimum atomic E-state index is -0.497. The molecule has 0 spiro atoms. The number of nitrogens with zero attached hydrogens (tertiary/aromatic N) is 3. The molecule has 8 heteroatoms. The van der Waals surface area contributed by atoms with Crippen molar-refractivity contribution in [2.75, 3.05) is 6.54 Å². The Morgan fingerprint density at radius 3 is 2.96 bits per heavy atom. The maximum absolute atomic E-state index is 12.9. The van der Waals surface area contributed by atoms with E-state index in [1.54, 1.807) is 22.3 Å². The largest absolute Gasteiger partial charge is 0.334 e. The molecule has 0 saturated heterocycles. The molecule has 4 heterocycles. The van der Waals surface area contributed by atoms with Gasteiger partial charge in [0.05, 0.1) is 10.9 Å². The van der Waals surface area contributed by atoms with Gasteiger partial charge in [-0.3, -0.25) is 19.1 Å². The highest BCUT2D eigenvalue weighted by atomic mass is 32.1. The number of fused-ring (bicyclic) bond motifs is 2. The zero-order valence-electron chi connectivity index (χ0n) is 13.9. The molecule has 0 radical (unpaired) electrons. The summed E-state index contributed by atoms with van der Waals surface area (Å²) >= 11 is 1.72. The highest BCUT2D eigenvalue weighted by Gasteiger charge is 2.28. The van der Waals surface area contributed by atoms with Crippen LogP contribution in [0.4, 0.5) is 0 Å². The summed E-state index contributed by atoms with van der Waals surface area (Å²) < 4.78 is 1.53. The fourth-order valence-electron chi connectivity index (χ4n) is 3.53. The first-order valence-electron chi connectivity index (χ1n) is 8.61. The van der Waals surface area contributed by atoms with Gasteiger partial charge in [0.15, 0.2) is 0 Å². The number of carbonyl (C=O) groups excluding carboxylic acids is 1. The minimum Gasteiger partial charge on any atom is -0.334 e. The Bertz CT molecular complexity index is 1160. The number of pyridine rings is 1. The van der Waals surface area contributed by atoms with Crippen LogP contribution in [-0.4, -0.2) is 31.9 Å². The number of aromatic nitrogens is 3. The van der Waals surface area contributed by atoms with Gasteiger partial charge in [0.25, 0.3) is 11.5 Å². The molecular formula is C18H16N4O3S. The number of hydrogen-bond acceptors (Lipinski definition) is 5. The summed E-state index contributed by atoms with van der Waals surface area (Å²) in [5.74, 6) is -0.139. The third-order valence-corrected chi connectivity index (χ3v) is 6.06. The molecule has 3 aromatic heterocycles. The van der Waals surface area contributed by atoms with Crippen LogP contribution in [0.5, 0.6) is 0 Å². The molecule has 1 aliphatic heterocycles. The first-order chi connectivity index (χ1) is 12.6. The van der Waals surface area contributed by atoms with Gasteiger partial charge in [-0.1, -0.05) is 0 Å². The van der Waals surface area contributed by atoms with Gasteiger partial charge in [-0.15, -0.1) is 11.3 Å². The zero-order chi connectivity index (χ0) is 17.8. The second kappa shape index (κ2) is 5.63. The van der Waals surface area contributed by atoms with E-state index in [0.717, 1.165) is 19.3 Å². The second-order valence-electron chi connectivity index (χ2n) is 6.80. The number of thiophene rings is 1. The van der Waals surface area contributed by atoms with Gasteiger partial charge in [0.2, 0.25) is 0 Å². The standard InChI is InChI=1S/C18H16N4O3S/c23-16-13-7-11(8-19-15(13)22(12-1-2-12)18(25)20-16)17(24)21-5-3-14-10(9-21)4-6-26-14/h4,6-8,12H,1-3,5,9H2,(H,20,23,25). The van der Waals surface area contributed by atoms with Crippen LogP contribution < -0.4 is 11.2 Å². The van der Waals surface area contributed by atoms with Gasteiger partial charge in [-0.25, -0.2) is 9.78 Å². The van der Waals surface area contributed by atoms with Crippen LogP contribution in [0.15, 0.2) is 33.3 Å². The molecule has 2 aliphatic rings. The van der Waals surface area contributed by atoms with Gasteiger partial charge < -0.3 is 4.90 Å². The molecule has 26 heavy (non-hydrogen) atoms. The van der Waals surface area contributed by atoms with Crippen molar-refractivity contribution in [1.29, 1.82) is 0 Å². The summed E-state index contributed by atoms with van der Waals surface area (Å²) in [5, 5.41) is 2.34. The molecule has 1 N–H and O–H groups in total. The van der Waals surface area contributed by atoms with E-state index in [1.165, 1.54) is 21.2 Å². The molecular weight excluding hydrogens is 352 g/mol. The quantitative estimate of drug-likeness (QED) is 0.745. The Kier molecular flexibility index (Phi) is 3.36. The lowest BCUT2D eigenvalue weighted by atomic mass is 10.1. The Morgan fingerprint density at radius 1 is 1.31 bits per heavy atom. The van der Waals surface area contributed by atoms with Gasteiger partial charge in [-0.2, -0.15) is 0 Å². The van der Waals surface area contributed by atoms with E-state index in [2.05, 4.69) is 16.0 Å². The normalized spacial score (nSPS) is 16.7. The summed E-state index contributed by atoms with van der Waals surface area (Å²) in [5.41, 5.74) is 0.989. The third-order valence-electron chi connectivity index (χ3n) is 5.03. The number of H-pyrrole nitrogens is 1. The molecule has 1 saturated carbocycles. The second-order valence-corrected chi connectivity index (χ2v) is 7.80. The summed E-state index contributed by atoms with van der Waals surface area (Å²) in [7, 11) is 0. The van der Waals surface area contributed by atoms with Crippen molar-refractivity contribution in [3.05, 3.63) is 60.6 Å². The van der Waals surface area contributed by atoms with Gasteiger partial charge >= 0.3 is 5.69 Å². The van der Waals surface area contributed by atoms with Crippen molar-refractivity contribution in [2.24, 2.45) is 0 Å². The van der Waals surface area contributed by atoms with Crippen LogP contribution in [-0.2, 0) is 13.0 Å². The number of amides is 1. The van der Waals surface area contributed by atoms with Crippen molar-refractivity contribution in [1.82, 2.24) is 19.4 Å². The smallest absolute Gasteiger partial charge is 0.330 e. The van der Waals surface area contributed by atoms with Crippen molar-refractivity contribution >= 4 is 28.3 Å². The molecule has 5 rings (SSSR count). The Morgan fingerprint density at radius 2 is 2.15 bits per heavy atom. The fourth-order valence-corrected chi connectivity index (χ4v) is 4.42. The molecule has 1 fully saturated rings. The lowest BCUT2D eigenvalue weighted by Gasteiger charge is -2.27. The van der Waals surface area contributed by atoms with E-state index in [-0.39, 0.29) is 17.3 Å². The Hall–Kier alpha value is -2.74. The van der Waals surface area contributed by atoms with E-state index in [1.807, 2.05) is 5.38 Å². The molecule has 3 aromatic rings. The topological polar surface area (TPSA) is 88.1 Å². The van der Waals surface area contributed by atoms with E-state index in [4.69, 9.17) is 0 Å². The van der Waals surface area contributed by atoms with Crippen LogP contribution in [0.1, 0.15) is 39.7 Å². The Labute approximate surface area is 151 Å². The molecule has 1 aliphatic carbocycles. The maximum Gasteiger partial charge on any atom is 0.330 e. The van der Waals surface area contributed by atoms with Crippen molar-refractivity contribution in [2.45, 2.75) is 31.8 Å². The summed E-state index contributed by atoms with van der Waals surface area (Å²) in [4.78, 5) is 47.0. The number of carbonyl (C=O) groups is 1. The summed E-state index contributed by atoms with van der Waals surface area (Å²) in [6, 6.07) is 3.71. The fraction of sp³-hybridized carbons (Fsp3) is 0.333. The number of aromatic amines is 1. The molecule has 7 nitrogen and oxygen atoms in total. The zero-order valence-corrected chi connectivity index (χ0v) is 14.7. The van der Waals surface area contributed by atoms with Crippen molar-refractivity contribution < 1.29 is 4.79 Å². The summed E-state index contributed by atoms with van der Waals surface area (Å²) in [6.07, 6.45) is 4.13. The van der Waals surface area contributed by atoms with Crippen LogP contribution in [0, 0.1) is 0 Å². The molecule has 0 bridgehead atoms. The van der Waals surface area contributed by atoms with Crippen LogP contribution in [0.3, 0.4) is 0 Å². The molecule has 132 valence electrons. The first kappa shape index (κ1) is 15.5. The predicted octanol–water partition coefficient (Wildman–Crippen LogP) is 1.68. The van der Waals surface area contributed by atoms with Crippen LogP contribution in [0.25, 0.3) is 11.0 Å². The lowest BCUT2D eigenvalue weighted by Crippen LogP contribution is -2.36. The highest BCUT2D eigenvalue weighted by Crippen LogP contribution is 2.34. The van der Waals surface area contributed by atoms with Crippen molar-refractivity contribution in [3.8, 4) is 0 Å². The highest BCUT2D eigenvalue weighted by molar-refractivity contribution is 7.10. The molecule has 0 unspecified atom stereocenters.